The lowest BCUT2D eigenvalue weighted by Crippen LogP contribution is -2.17. The van der Waals surface area contributed by atoms with E-state index in [1.165, 1.54) is 0 Å². The van der Waals surface area contributed by atoms with E-state index in [-0.39, 0.29) is 0 Å². The summed E-state index contributed by atoms with van der Waals surface area (Å²) in [5.74, 6) is 0. The largest absolute Gasteiger partial charge is 0.390 e. The molecule has 1 aliphatic carbocycles. The maximum absolute atomic E-state index is 9.48. The van der Waals surface area contributed by atoms with Gasteiger partial charge in [-0.3, -0.25) is 0 Å². The maximum Gasteiger partial charge on any atom is 0.120 e. The fourth-order valence-corrected chi connectivity index (χ4v) is 2.90. The summed E-state index contributed by atoms with van der Waals surface area (Å²) in [6, 6.07) is 7.94. The van der Waals surface area contributed by atoms with Crippen molar-refractivity contribution in [3.8, 4) is 0 Å². The lowest BCUT2D eigenvalue weighted by molar-refractivity contribution is 0.0615. The lowest BCUT2D eigenvalue weighted by atomic mass is 10.2. The Hall–Kier alpha value is -1.23. The zero-order valence-corrected chi connectivity index (χ0v) is 9.31. The van der Waals surface area contributed by atoms with Gasteiger partial charge in [-0.05, 0) is 23.8 Å². The van der Waals surface area contributed by atoms with Crippen LogP contribution >= 0.6 is 11.3 Å². The van der Waals surface area contributed by atoms with Crippen LogP contribution < -0.4 is 0 Å². The second-order valence-corrected chi connectivity index (χ2v) is 4.97. The molecule has 0 amide bonds. The van der Waals surface area contributed by atoms with Gasteiger partial charge in [0.1, 0.15) is 5.01 Å². The van der Waals surface area contributed by atoms with Crippen LogP contribution in [0.15, 0.2) is 30.3 Å². The number of aromatic nitrogens is 1. The van der Waals surface area contributed by atoms with E-state index in [1.54, 1.807) is 17.4 Å². The molecule has 3 nitrogen and oxygen atoms in total. The van der Waals surface area contributed by atoms with Crippen LogP contribution in [0, 0.1) is 0 Å². The highest BCUT2D eigenvalue weighted by Crippen LogP contribution is 2.33. The summed E-state index contributed by atoms with van der Waals surface area (Å²) >= 11 is 1.60. The first-order chi connectivity index (χ1) is 7.74. The first-order valence-corrected chi connectivity index (χ1v) is 5.98. The van der Waals surface area contributed by atoms with E-state index >= 15 is 0 Å². The van der Waals surface area contributed by atoms with Gasteiger partial charge in [0.15, 0.2) is 0 Å². The molecule has 16 heavy (non-hydrogen) atoms. The van der Waals surface area contributed by atoms with Crippen LogP contribution in [-0.2, 0) is 0 Å². The molecule has 0 bridgehead atoms. The SMILES string of the molecule is O[C@@H]1C=C(c2nc3ccccc3s2)C[C@H]1O. The number of fused-ring (bicyclic) bond motifs is 1. The molecular formula is C12H11NO2S. The van der Waals surface area contributed by atoms with Crippen LogP contribution in [-0.4, -0.2) is 27.4 Å². The van der Waals surface area contributed by atoms with E-state index in [0.717, 1.165) is 20.8 Å². The summed E-state index contributed by atoms with van der Waals surface area (Å²) in [5.41, 5.74) is 1.92. The highest BCUT2D eigenvalue weighted by Gasteiger charge is 2.25. The molecule has 3 rings (SSSR count). The average Bonchev–Trinajstić information content (AvgIpc) is 2.83. The molecule has 0 saturated carbocycles. The van der Waals surface area contributed by atoms with Crippen molar-refractivity contribution in [3.63, 3.8) is 0 Å². The van der Waals surface area contributed by atoms with E-state index in [2.05, 4.69) is 4.98 Å². The van der Waals surface area contributed by atoms with Gasteiger partial charge in [-0.2, -0.15) is 0 Å². The third-order valence-electron chi connectivity index (χ3n) is 2.76. The van der Waals surface area contributed by atoms with Crippen molar-refractivity contribution in [3.05, 3.63) is 35.3 Å². The van der Waals surface area contributed by atoms with Crippen molar-refractivity contribution >= 4 is 27.1 Å². The van der Waals surface area contributed by atoms with E-state index < -0.39 is 12.2 Å². The van der Waals surface area contributed by atoms with Crippen LogP contribution in [0.25, 0.3) is 15.8 Å². The Morgan fingerprint density at radius 3 is 2.75 bits per heavy atom. The number of thiazole rings is 1. The van der Waals surface area contributed by atoms with Gasteiger partial charge in [-0.25, -0.2) is 4.98 Å². The third kappa shape index (κ3) is 1.55. The van der Waals surface area contributed by atoms with Crippen molar-refractivity contribution in [2.45, 2.75) is 18.6 Å². The fourth-order valence-electron chi connectivity index (χ4n) is 1.90. The standard InChI is InChI=1S/C12H11NO2S/c14-9-5-7(6-10(9)15)12-13-8-3-1-2-4-11(8)16-12/h1-5,9-10,14-15H,6H2/t9-,10-/m1/s1. The molecule has 1 aromatic carbocycles. The van der Waals surface area contributed by atoms with Crippen molar-refractivity contribution in [1.29, 1.82) is 0 Å². The van der Waals surface area contributed by atoms with Gasteiger partial charge in [0.2, 0.25) is 0 Å². The molecule has 0 saturated heterocycles. The average molecular weight is 233 g/mol. The molecule has 0 fully saturated rings. The minimum atomic E-state index is -0.748. The molecule has 1 aliphatic rings. The highest BCUT2D eigenvalue weighted by molar-refractivity contribution is 7.19. The smallest absolute Gasteiger partial charge is 0.120 e. The number of rotatable bonds is 1. The first-order valence-electron chi connectivity index (χ1n) is 5.17. The highest BCUT2D eigenvalue weighted by atomic mass is 32.1. The summed E-state index contributed by atoms with van der Waals surface area (Å²) in [5, 5.41) is 19.8. The van der Waals surface area contributed by atoms with E-state index in [4.69, 9.17) is 0 Å². The van der Waals surface area contributed by atoms with E-state index in [9.17, 15) is 10.2 Å². The molecular weight excluding hydrogens is 222 g/mol. The molecule has 0 unspecified atom stereocenters. The van der Waals surface area contributed by atoms with Gasteiger partial charge < -0.3 is 10.2 Å². The zero-order valence-electron chi connectivity index (χ0n) is 8.50. The van der Waals surface area contributed by atoms with Crippen LogP contribution in [0.1, 0.15) is 11.4 Å². The Bertz CT molecular complexity index is 528. The topological polar surface area (TPSA) is 53.4 Å². The molecule has 1 heterocycles. The minimum Gasteiger partial charge on any atom is -0.390 e. The van der Waals surface area contributed by atoms with Crippen LogP contribution in [0.5, 0.6) is 0 Å². The quantitative estimate of drug-likeness (QED) is 0.789. The number of benzene rings is 1. The monoisotopic (exact) mass is 233 g/mol. The second kappa shape index (κ2) is 3.66. The van der Waals surface area contributed by atoms with Crippen molar-refractivity contribution in [2.75, 3.05) is 0 Å². The van der Waals surface area contributed by atoms with Crippen molar-refractivity contribution in [2.24, 2.45) is 0 Å². The first kappa shape index (κ1) is 9.96. The second-order valence-electron chi connectivity index (χ2n) is 3.94. The number of hydrogen-bond acceptors (Lipinski definition) is 4. The Labute approximate surface area is 96.7 Å². The molecule has 4 heteroatoms. The van der Waals surface area contributed by atoms with Gasteiger partial charge in [-0.1, -0.05) is 12.1 Å². The number of para-hydroxylation sites is 1. The fraction of sp³-hybridized carbons (Fsp3) is 0.250. The summed E-state index contributed by atoms with van der Waals surface area (Å²) in [6.45, 7) is 0. The predicted molar refractivity (Wildman–Crippen MR) is 64.2 cm³/mol. The minimum absolute atomic E-state index is 0.487. The normalized spacial score (nSPS) is 25.0. The summed E-state index contributed by atoms with van der Waals surface area (Å²) in [7, 11) is 0. The molecule has 0 aliphatic heterocycles. The summed E-state index contributed by atoms with van der Waals surface area (Å²) in [6.07, 6.45) is 0.757. The third-order valence-corrected chi connectivity index (χ3v) is 3.88. The molecule has 2 aromatic rings. The summed E-state index contributed by atoms with van der Waals surface area (Å²) < 4.78 is 1.13. The van der Waals surface area contributed by atoms with Gasteiger partial charge in [0, 0.05) is 6.42 Å². The van der Waals surface area contributed by atoms with E-state index in [1.807, 2.05) is 24.3 Å². The Morgan fingerprint density at radius 2 is 2.06 bits per heavy atom. The van der Waals surface area contributed by atoms with Crippen LogP contribution in [0.3, 0.4) is 0 Å². The van der Waals surface area contributed by atoms with Gasteiger partial charge in [0.25, 0.3) is 0 Å². The predicted octanol–water partition coefficient (Wildman–Crippen LogP) is 1.81. The Balaban J connectivity index is 2.04. The Kier molecular flexibility index (Phi) is 2.28. The molecule has 1 aromatic heterocycles. The lowest BCUT2D eigenvalue weighted by Gasteiger charge is -2.03. The maximum atomic E-state index is 9.48. The van der Waals surface area contributed by atoms with Gasteiger partial charge >= 0.3 is 0 Å². The van der Waals surface area contributed by atoms with Gasteiger partial charge in [0.05, 0.1) is 22.4 Å². The number of nitrogens with zero attached hydrogens (tertiary/aromatic N) is 1. The molecule has 2 atom stereocenters. The van der Waals surface area contributed by atoms with Crippen molar-refractivity contribution in [1.82, 2.24) is 4.98 Å². The zero-order chi connectivity index (χ0) is 11.1. The van der Waals surface area contributed by atoms with Gasteiger partial charge in [-0.15, -0.1) is 11.3 Å². The molecule has 0 radical (unpaired) electrons. The molecule has 2 N–H and O–H groups in total. The van der Waals surface area contributed by atoms with E-state index in [0.29, 0.717) is 6.42 Å². The molecule has 82 valence electrons. The molecule has 0 spiro atoms. The number of aliphatic hydroxyl groups is 2. The van der Waals surface area contributed by atoms with Crippen LogP contribution in [0.4, 0.5) is 0 Å². The number of hydrogen-bond donors (Lipinski definition) is 2. The van der Waals surface area contributed by atoms with Crippen molar-refractivity contribution < 1.29 is 10.2 Å². The Morgan fingerprint density at radius 1 is 1.25 bits per heavy atom. The van der Waals surface area contributed by atoms with Crippen LogP contribution in [0.2, 0.25) is 0 Å². The number of aliphatic hydroxyl groups excluding tert-OH is 2. The summed E-state index contributed by atoms with van der Waals surface area (Å²) in [4.78, 5) is 4.49.